The molecule has 0 aromatic heterocycles. The van der Waals surface area contributed by atoms with E-state index >= 15 is 0 Å². The highest BCUT2D eigenvalue weighted by molar-refractivity contribution is 8.76. The van der Waals surface area contributed by atoms with Gasteiger partial charge in [0.1, 0.15) is 12.6 Å². The summed E-state index contributed by atoms with van der Waals surface area (Å²) in [6, 6.07) is 14.6. The lowest BCUT2D eigenvalue weighted by Gasteiger charge is -2.22. The largest absolute Gasteiger partial charge is 0.480 e. The van der Waals surface area contributed by atoms with E-state index in [2.05, 4.69) is 5.32 Å². The molecule has 2 aliphatic rings. The summed E-state index contributed by atoms with van der Waals surface area (Å²) in [5.41, 5.74) is 4.37. The van der Waals surface area contributed by atoms with E-state index < -0.39 is 18.1 Å². The highest BCUT2D eigenvalue weighted by atomic mass is 33.1. The predicted octanol–water partition coefficient (Wildman–Crippen LogP) is 3.59. The molecule has 1 aliphatic carbocycles. The van der Waals surface area contributed by atoms with Gasteiger partial charge in [0.05, 0.1) is 6.42 Å². The molecular formula is C23H24N2O5S2. The molecule has 2 N–H and O–H groups in total. The van der Waals surface area contributed by atoms with Gasteiger partial charge in [0, 0.05) is 30.5 Å². The number of carbonyl (C=O) groups excluding carboxylic acids is 2. The van der Waals surface area contributed by atoms with Crippen LogP contribution in [0.1, 0.15) is 23.5 Å². The third kappa shape index (κ3) is 5.05. The Hall–Kier alpha value is -2.65. The molecule has 32 heavy (non-hydrogen) atoms. The topological polar surface area (TPSA) is 95.9 Å². The van der Waals surface area contributed by atoms with Crippen molar-refractivity contribution < 1.29 is 24.2 Å². The Morgan fingerprint density at radius 3 is 2.12 bits per heavy atom. The van der Waals surface area contributed by atoms with Gasteiger partial charge in [-0.05, 0) is 22.3 Å². The Labute approximate surface area is 194 Å². The van der Waals surface area contributed by atoms with Crippen LogP contribution in [-0.2, 0) is 14.3 Å². The third-order valence-corrected chi connectivity index (χ3v) is 8.00. The van der Waals surface area contributed by atoms with Crippen LogP contribution in [0.2, 0.25) is 0 Å². The van der Waals surface area contributed by atoms with Crippen LogP contribution in [0.25, 0.3) is 11.1 Å². The number of ether oxygens (including phenoxy) is 1. The summed E-state index contributed by atoms with van der Waals surface area (Å²) >= 11 is 0. The van der Waals surface area contributed by atoms with Crippen molar-refractivity contribution in [3.05, 3.63) is 59.7 Å². The lowest BCUT2D eigenvalue weighted by molar-refractivity contribution is -0.143. The van der Waals surface area contributed by atoms with Gasteiger partial charge in [-0.1, -0.05) is 70.1 Å². The first-order valence-corrected chi connectivity index (χ1v) is 12.9. The normalized spacial score (nSPS) is 16.4. The molecule has 7 nitrogen and oxygen atoms in total. The van der Waals surface area contributed by atoms with Crippen molar-refractivity contribution in [1.82, 2.24) is 10.2 Å². The van der Waals surface area contributed by atoms with Crippen molar-refractivity contribution in [3.63, 3.8) is 0 Å². The summed E-state index contributed by atoms with van der Waals surface area (Å²) in [5.74, 6) is -0.0583. The fraction of sp³-hybridized carbons (Fsp3) is 0.348. The van der Waals surface area contributed by atoms with Crippen LogP contribution in [0.5, 0.6) is 0 Å². The number of carboxylic acids is 1. The molecule has 0 unspecified atom stereocenters. The Morgan fingerprint density at radius 2 is 1.56 bits per heavy atom. The molecule has 2 aromatic rings. The Balaban J connectivity index is 1.37. The first kappa shape index (κ1) is 22.5. The maximum absolute atomic E-state index is 12.5. The summed E-state index contributed by atoms with van der Waals surface area (Å²) < 4.78 is 5.42. The minimum absolute atomic E-state index is 0.0840. The molecule has 0 radical (unpaired) electrons. The molecular weight excluding hydrogens is 448 g/mol. The number of rotatable bonds is 6. The van der Waals surface area contributed by atoms with Crippen LogP contribution in [0, 0.1) is 0 Å². The van der Waals surface area contributed by atoms with E-state index in [1.54, 1.807) is 26.5 Å². The van der Waals surface area contributed by atoms with Gasteiger partial charge >= 0.3 is 12.1 Å². The van der Waals surface area contributed by atoms with E-state index in [-0.39, 0.29) is 24.9 Å². The molecule has 0 bridgehead atoms. The molecule has 4 rings (SSSR count). The fourth-order valence-electron chi connectivity index (χ4n) is 4.06. The number of carboxylic acid groups (broad SMARTS) is 1. The zero-order valence-corrected chi connectivity index (χ0v) is 19.0. The molecule has 9 heteroatoms. The summed E-state index contributed by atoms with van der Waals surface area (Å²) in [6.07, 6.45) is -1.14. The Kier molecular flexibility index (Phi) is 7.26. The van der Waals surface area contributed by atoms with Crippen molar-refractivity contribution in [2.75, 3.05) is 31.2 Å². The van der Waals surface area contributed by atoms with Crippen LogP contribution < -0.4 is 5.32 Å². The number of hydrogen-bond donors (Lipinski definition) is 2. The third-order valence-electron chi connectivity index (χ3n) is 5.64. The van der Waals surface area contributed by atoms with Crippen LogP contribution in [0.3, 0.4) is 0 Å². The first-order chi connectivity index (χ1) is 15.5. The maximum Gasteiger partial charge on any atom is 0.407 e. The second-order valence-electron chi connectivity index (χ2n) is 7.59. The monoisotopic (exact) mass is 472 g/mol. The predicted molar refractivity (Wildman–Crippen MR) is 126 cm³/mol. The SMILES string of the molecule is O=C(N[C@@H](CC(=O)N1CCSSCC1)C(=O)O)OCC1c2ccccc2-c2ccccc21. The van der Waals surface area contributed by atoms with Crippen molar-refractivity contribution in [2.24, 2.45) is 0 Å². The molecule has 2 amide bonds. The maximum atomic E-state index is 12.5. The molecule has 1 fully saturated rings. The average molecular weight is 473 g/mol. The second kappa shape index (κ2) is 10.3. The highest BCUT2D eigenvalue weighted by Gasteiger charge is 2.31. The van der Waals surface area contributed by atoms with Crippen molar-refractivity contribution >= 4 is 39.6 Å². The number of amides is 2. The van der Waals surface area contributed by atoms with Crippen molar-refractivity contribution in [2.45, 2.75) is 18.4 Å². The fourth-order valence-corrected chi connectivity index (χ4v) is 6.04. The molecule has 1 saturated heterocycles. The van der Waals surface area contributed by atoms with Crippen LogP contribution in [-0.4, -0.2) is 65.2 Å². The van der Waals surface area contributed by atoms with E-state index in [0.717, 1.165) is 33.8 Å². The van der Waals surface area contributed by atoms with E-state index in [9.17, 15) is 19.5 Å². The van der Waals surface area contributed by atoms with Gasteiger partial charge in [0.15, 0.2) is 0 Å². The van der Waals surface area contributed by atoms with Gasteiger partial charge in [-0.3, -0.25) is 4.79 Å². The average Bonchev–Trinajstić information content (AvgIpc) is 2.93. The van der Waals surface area contributed by atoms with Crippen molar-refractivity contribution in [1.29, 1.82) is 0 Å². The summed E-state index contributed by atoms with van der Waals surface area (Å²) in [4.78, 5) is 38.3. The number of nitrogens with zero attached hydrogens (tertiary/aromatic N) is 1. The van der Waals surface area contributed by atoms with Gasteiger partial charge in [-0.15, -0.1) is 0 Å². The van der Waals surface area contributed by atoms with E-state index in [0.29, 0.717) is 13.1 Å². The molecule has 0 spiro atoms. The lowest BCUT2D eigenvalue weighted by atomic mass is 9.98. The van der Waals surface area contributed by atoms with Crippen LogP contribution in [0.4, 0.5) is 4.79 Å². The first-order valence-electron chi connectivity index (χ1n) is 10.4. The second-order valence-corrected chi connectivity index (χ2v) is 10.3. The lowest BCUT2D eigenvalue weighted by Crippen LogP contribution is -2.46. The quantitative estimate of drug-likeness (QED) is 0.620. The minimum atomic E-state index is -1.33. The van der Waals surface area contributed by atoms with E-state index in [1.165, 1.54) is 0 Å². The van der Waals surface area contributed by atoms with E-state index in [1.807, 2.05) is 48.5 Å². The number of alkyl carbamates (subject to hydrolysis) is 1. The molecule has 168 valence electrons. The van der Waals surface area contributed by atoms with Gasteiger partial charge in [0.25, 0.3) is 0 Å². The Morgan fingerprint density at radius 1 is 1.00 bits per heavy atom. The Bertz CT molecular complexity index is 962. The molecule has 1 heterocycles. The smallest absolute Gasteiger partial charge is 0.407 e. The zero-order valence-electron chi connectivity index (χ0n) is 17.4. The molecule has 2 aromatic carbocycles. The zero-order chi connectivity index (χ0) is 22.5. The van der Waals surface area contributed by atoms with Gasteiger partial charge in [-0.25, -0.2) is 9.59 Å². The summed E-state index contributed by atoms with van der Waals surface area (Å²) in [7, 11) is 3.40. The van der Waals surface area contributed by atoms with E-state index in [4.69, 9.17) is 4.74 Å². The van der Waals surface area contributed by atoms with Crippen LogP contribution in [0.15, 0.2) is 48.5 Å². The number of nitrogens with one attached hydrogen (secondary N) is 1. The van der Waals surface area contributed by atoms with Gasteiger partial charge < -0.3 is 20.1 Å². The molecule has 1 atom stereocenters. The van der Waals surface area contributed by atoms with Gasteiger partial charge in [-0.2, -0.15) is 0 Å². The van der Waals surface area contributed by atoms with Crippen molar-refractivity contribution in [3.8, 4) is 11.1 Å². The number of aliphatic carboxylic acids is 1. The van der Waals surface area contributed by atoms with Crippen LogP contribution >= 0.6 is 21.6 Å². The van der Waals surface area contributed by atoms with Gasteiger partial charge in [0.2, 0.25) is 5.91 Å². The number of carbonyl (C=O) groups is 3. The standard InChI is InChI=1S/C23H24N2O5S2/c26-21(25-9-11-31-32-12-10-25)13-20(22(27)28)24-23(29)30-14-19-17-7-3-1-5-15(17)16-6-2-4-8-18(16)19/h1-8,19-20H,9-14H2,(H,24,29)(H,27,28)/t20-/m0/s1. The number of fused-ring (bicyclic) bond motifs is 3. The molecule has 0 saturated carbocycles. The number of hydrogen-bond acceptors (Lipinski definition) is 6. The summed E-state index contributed by atoms with van der Waals surface area (Å²) in [6.45, 7) is 1.24. The molecule has 1 aliphatic heterocycles. The number of benzene rings is 2. The summed E-state index contributed by atoms with van der Waals surface area (Å²) in [5, 5.41) is 11.9. The minimum Gasteiger partial charge on any atom is -0.480 e. The highest BCUT2D eigenvalue weighted by Crippen LogP contribution is 2.44.